The molecule has 0 bridgehead atoms. The molecule has 0 radical (unpaired) electrons. The van der Waals surface area contributed by atoms with Crippen molar-refractivity contribution in [1.82, 2.24) is 0 Å². The Morgan fingerprint density at radius 1 is 1.33 bits per heavy atom. The molecule has 0 saturated heterocycles. The molecule has 64 valence electrons. The molecule has 3 heteroatoms. The van der Waals surface area contributed by atoms with Crippen molar-refractivity contribution in [3.8, 4) is 0 Å². The van der Waals surface area contributed by atoms with E-state index in [2.05, 4.69) is 44.0 Å². The van der Waals surface area contributed by atoms with Gasteiger partial charge in [0, 0.05) is 10.5 Å². The summed E-state index contributed by atoms with van der Waals surface area (Å²) in [7, 11) is 0. The molecular formula is C9H9Br2N. The van der Waals surface area contributed by atoms with Crippen LogP contribution in [0.3, 0.4) is 0 Å². The zero-order valence-electron chi connectivity index (χ0n) is 6.43. The largest absolute Gasteiger partial charge is 0.399 e. The Bertz CT molecular complexity index is 311. The molecule has 2 unspecified atom stereocenters. The molecule has 0 spiro atoms. The Morgan fingerprint density at radius 2 is 2.08 bits per heavy atom. The summed E-state index contributed by atoms with van der Waals surface area (Å²) in [5, 5.41) is 0. The average molecular weight is 291 g/mol. The van der Waals surface area contributed by atoms with E-state index in [1.165, 1.54) is 11.1 Å². The summed E-state index contributed by atoms with van der Waals surface area (Å²) in [6.07, 6.45) is 1.07. The number of rotatable bonds is 0. The number of hydrogen-bond donors (Lipinski definition) is 1. The third-order valence-corrected chi connectivity index (χ3v) is 4.89. The molecule has 12 heavy (non-hydrogen) atoms. The van der Waals surface area contributed by atoms with Crippen LogP contribution in [0.25, 0.3) is 0 Å². The Hall–Kier alpha value is -0.0200. The van der Waals surface area contributed by atoms with Gasteiger partial charge in [-0.3, -0.25) is 0 Å². The third-order valence-electron chi connectivity index (χ3n) is 2.20. The van der Waals surface area contributed by atoms with Crippen LogP contribution in [0, 0.1) is 0 Å². The minimum absolute atomic E-state index is 0.438. The van der Waals surface area contributed by atoms with Crippen LogP contribution in [0.4, 0.5) is 5.69 Å². The summed E-state index contributed by atoms with van der Waals surface area (Å²) >= 11 is 7.26. The van der Waals surface area contributed by atoms with Crippen LogP contribution in [0.1, 0.15) is 16.0 Å². The number of hydrogen-bond acceptors (Lipinski definition) is 1. The van der Waals surface area contributed by atoms with Crippen molar-refractivity contribution in [3.05, 3.63) is 29.3 Å². The lowest BCUT2D eigenvalue weighted by Crippen LogP contribution is -1.97. The number of anilines is 1. The maximum Gasteiger partial charge on any atom is 0.0526 e. The van der Waals surface area contributed by atoms with E-state index < -0.39 is 0 Å². The molecule has 0 saturated carbocycles. The molecule has 0 aromatic heterocycles. The molecule has 2 rings (SSSR count). The quantitative estimate of drug-likeness (QED) is 0.577. The van der Waals surface area contributed by atoms with Crippen LogP contribution >= 0.6 is 31.9 Å². The van der Waals surface area contributed by atoms with Gasteiger partial charge in [-0.05, 0) is 29.7 Å². The minimum Gasteiger partial charge on any atom is -0.399 e. The monoisotopic (exact) mass is 289 g/mol. The van der Waals surface area contributed by atoms with Gasteiger partial charge in [0.1, 0.15) is 0 Å². The SMILES string of the molecule is Nc1ccc2c(c1)CC(Br)C2Br. The van der Waals surface area contributed by atoms with Crippen LogP contribution in [-0.4, -0.2) is 4.83 Å². The van der Waals surface area contributed by atoms with Crippen molar-refractivity contribution < 1.29 is 0 Å². The Balaban J connectivity index is 2.47. The Labute approximate surface area is 88.6 Å². The first-order chi connectivity index (χ1) is 5.68. The smallest absolute Gasteiger partial charge is 0.0526 e. The van der Waals surface area contributed by atoms with Crippen molar-refractivity contribution in [1.29, 1.82) is 0 Å². The molecule has 0 amide bonds. The molecule has 1 aromatic carbocycles. The maximum absolute atomic E-state index is 5.69. The molecule has 0 aliphatic heterocycles. The number of benzene rings is 1. The highest BCUT2D eigenvalue weighted by Gasteiger charge is 2.28. The van der Waals surface area contributed by atoms with Crippen molar-refractivity contribution in [2.45, 2.75) is 16.1 Å². The first kappa shape index (κ1) is 8.57. The van der Waals surface area contributed by atoms with Crippen LogP contribution < -0.4 is 5.73 Å². The molecule has 2 N–H and O–H groups in total. The molecule has 1 nitrogen and oxygen atoms in total. The topological polar surface area (TPSA) is 26.0 Å². The zero-order chi connectivity index (χ0) is 8.72. The van der Waals surface area contributed by atoms with Gasteiger partial charge in [-0.25, -0.2) is 0 Å². The van der Waals surface area contributed by atoms with Gasteiger partial charge in [0.25, 0.3) is 0 Å². The molecule has 1 aliphatic carbocycles. The predicted molar refractivity (Wildman–Crippen MR) is 58.9 cm³/mol. The molecule has 1 aromatic rings. The highest BCUT2D eigenvalue weighted by molar-refractivity contribution is 9.12. The second-order valence-electron chi connectivity index (χ2n) is 3.08. The lowest BCUT2D eigenvalue weighted by atomic mass is 10.1. The van der Waals surface area contributed by atoms with Gasteiger partial charge in [-0.2, -0.15) is 0 Å². The van der Waals surface area contributed by atoms with Crippen LogP contribution in [-0.2, 0) is 6.42 Å². The van der Waals surface area contributed by atoms with Crippen molar-refractivity contribution in [3.63, 3.8) is 0 Å². The van der Waals surface area contributed by atoms with Gasteiger partial charge in [0.05, 0.1) is 4.83 Å². The summed E-state index contributed by atoms with van der Waals surface area (Å²) in [6, 6.07) is 6.12. The van der Waals surface area contributed by atoms with Crippen molar-refractivity contribution in [2.75, 3.05) is 5.73 Å². The summed E-state index contributed by atoms with van der Waals surface area (Å²) in [6.45, 7) is 0. The van der Waals surface area contributed by atoms with Crippen LogP contribution in [0.5, 0.6) is 0 Å². The van der Waals surface area contributed by atoms with Gasteiger partial charge >= 0.3 is 0 Å². The van der Waals surface area contributed by atoms with Gasteiger partial charge in [0.15, 0.2) is 0 Å². The fourth-order valence-electron chi connectivity index (χ4n) is 1.58. The number of halogens is 2. The third kappa shape index (κ3) is 1.29. The fraction of sp³-hybridized carbons (Fsp3) is 0.333. The summed E-state index contributed by atoms with van der Waals surface area (Å²) in [5.74, 6) is 0. The maximum atomic E-state index is 5.69. The lowest BCUT2D eigenvalue weighted by Gasteiger charge is -2.05. The zero-order valence-corrected chi connectivity index (χ0v) is 9.60. The van der Waals surface area contributed by atoms with E-state index in [-0.39, 0.29) is 0 Å². The highest BCUT2D eigenvalue weighted by Crippen LogP contribution is 2.42. The molecule has 0 heterocycles. The van der Waals surface area contributed by atoms with Gasteiger partial charge in [-0.15, -0.1) is 0 Å². The summed E-state index contributed by atoms with van der Waals surface area (Å²) in [4.78, 5) is 0.947. The Morgan fingerprint density at radius 3 is 2.83 bits per heavy atom. The minimum atomic E-state index is 0.438. The molecular weight excluding hydrogens is 282 g/mol. The van der Waals surface area contributed by atoms with Crippen molar-refractivity contribution >= 4 is 37.5 Å². The first-order valence-corrected chi connectivity index (χ1v) is 5.68. The van der Waals surface area contributed by atoms with E-state index in [0.717, 1.165) is 12.1 Å². The van der Waals surface area contributed by atoms with Crippen LogP contribution in [0.2, 0.25) is 0 Å². The number of alkyl halides is 2. The standard InChI is InChI=1S/C9H9Br2N/c10-8-4-5-3-6(12)1-2-7(5)9(8)11/h1-3,8-9H,4,12H2. The molecule has 0 fully saturated rings. The average Bonchev–Trinajstić information content (AvgIpc) is 2.28. The second kappa shape index (κ2) is 3.04. The predicted octanol–water partition coefficient (Wildman–Crippen LogP) is 3.02. The first-order valence-electron chi connectivity index (χ1n) is 3.85. The molecule has 2 atom stereocenters. The number of nitrogens with two attached hydrogens (primary N) is 1. The second-order valence-corrected chi connectivity index (χ2v) is 5.24. The van der Waals surface area contributed by atoms with E-state index in [1.807, 2.05) is 6.07 Å². The van der Waals surface area contributed by atoms with E-state index in [9.17, 15) is 0 Å². The summed E-state index contributed by atoms with van der Waals surface area (Å²) < 4.78 is 0. The highest BCUT2D eigenvalue weighted by atomic mass is 79.9. The summed E-state index contributed by atoms with van der Waals surface area (Å²) in [5.41, 5.74) is 9.27. The number of fused-ring (bicyclic) bond motifs is 1. The normalized spacial score (nSPS) is 27.2. The van der Waals surface area contributed by atoms with Gasteiger partial charge < -0.3 is 5.73 Å². The lowest BCUT2D eigenvalue weighted by molar-refractivity contribution is 0.945. The van der Waals surface area contributed by atoms with Crippen LogP contribution in [0.15, 0.2) is 18.2 Å². The fourth-order valence-corrected chi connectivity index (χ4v) is 2.85. The Kier molecular flexibility index (Phi) is 2.17. The van der Waals surface area contributed by atoms with Gasteiger partial charge in [0.2, 0.25) is 0 Å². The van der Waals surface area contributed by atoms with E-state index in [1.54, 1.807) is 0 Å². The van der Waals surface area contributed by atoms with Gasteiger partial charge in [-0.1, -0.05) is 37.9 Å². The van der Waals surface area contributed by atoms with E-state index >= 15 is 0 Å². The number of nitrogen functional groups attached to an aromatic ring is 1. The van der Waals surface area contributed by atoms with E-state index in [0.29, 0.717) is 9.65 Å². The molecule has 1 aliphatic rings. The van der Waals surface area contributed by atoms with Crippen molar-refractivity contribution in [2.24, 2.45) is 0 Å². The van der Waals surface area contributed by atoms with E-state index in [4.69, 9.17) is 5.73 Å².